The van der Waals surface area contributed by atoms with Crippen molar-refractivity contribution in [3.8, 4) is 0 Å². The monoisotopic (exact) mass is 320 g/mol. The summed E-state index contributed by atoms with van der Waals surface area (Å²) in [7, 11) is 0. The minimum Gasteiger partial charge on any atom is -0.476 e. The van der Waals surface area contributed by atoms with E-state index in [1.165, 1.54) is 4.52 Å². The largest absolute Gasteiger partial charge is 0.476 e. The molecule has 4 aromatic rings. The van der Waals surface area contributed by atoms with E-state index in [2.05, 4.69) is 25.6 Å². The topological polar surface area (TPSA) is 105 Å². The molecule has 118 valence electrons. The smallest absolute Gasteiger partial charge is 0.360 e. The van der Waals surface area contributed by atoms with Crippen LogP contribution in [0.3, 0.4) is 0 Å². The van der Waals surface area contributed by atoms with Crippen LogP contribution in [0.1, 0.15) is 16.1 Å². The second-order valence-corrected chi connectivity index (χ2v) is 5.32. The summed E-state index contributed by atoms with van der Waals surface area (Å²) in [6.45, 7) is 2.01. The van der Waals surface area contributed by atoms with Gasteiger partial charge in [0.05, 0.1) is 11.7 Å². The van der Waals surface area contributed by atoms with Crippen LogP contribution in [0.4, 0.5) is 11.5 Å². The first-order valence-corrected chi connectivity index (χ1v) is 7.19. The number of aromatic carboxylic acids is 1. The molecule has 2 N–H and O–H groups in total. The lowest BCUT2D eigenvalue weighted by Gasteiger charge is -2.10. The Hall–Kier alpha value is -3.55. The highest BCUT2D eigenvalue weighted by Crippen LogP contribution is 2.26. The molecule has 0 fully saturated rings. The van der Waals surface area contributed by atoms with E-state index in [4.69, 9.17) is 0 Å². The second kappa shape index (κ2) is 5.27. The number of aryl methyl sites for hydroxylation is 1. The van der Waals surface area contributed by atoms with Crippen molar-refractivity contribution in [2.24, 2.45) is 0 Å². The fourth-order valence-corrected chi connectivity index (χ4v) is 2.47. The Labute approximate surface area is 135 Å². The van der Waals surface area contributed by atoms with Crippen molar-refractivity contribution in [2.45, 2.75) is 6.92 Å². The molecular formula is C16H12N6O2. The quantitative estimate of drug-likeness (QED) is 0.597. The van der Waals surface area contributed by atoms with Crippen LogP contribution in [0, 0.1) is 6.92 Å². The van der Waals surface area contributed by atoms with E-state index < -0.39 is 5.97 Å². The minimum atomic E-state index is -1.18. The van der Waals surface area contributed by atoms with Gasteiger partial charge in [-0.05, 0) is 25.1 Å². The fourth-order valence-electron chi connectivity index (χ4n) is 2.47. The third-order valence-corrected chi connectivity index (χ3v) is 3.66. The number of hydrogen-bond donors (Lipinski definition) is 2. The van der Waals surface area contributed by atoms with Crippen LogP contribution in [0.15, 0.2) is 42.7 Å². The van der Waals surface area contributed by atoms with E-state index in [0.29, 0.717) is 11.3 Å². The summed E-state index contributed by atoms with van der Waals surface area (Å²) in [4.78, 5) is 19.8. The molecule has 8 nitrogen and oxygen atoms in total. The maximum atomic E-state index is 11.3. The Bertz CT molecular complexity index is 1070. The van der Waals surface area contributed by atoms with E-state index in [9.17, 15) is 9.90 Å². The SMILES string of the molecule is Cc1ccc(Nc2nc3c(C(=O)O)nnn3c3cnccc23)cc1. The van der Waals surface area contributed by atoms with Gasteiger partial charge < -0.3 is 10.4 Å². The molecule has 0 amide bonds. The number of pyridine rings is 1. The molecule has 24 heavy (non-hydrogen) atoms. The van der Waals surface area contributed by atoms with Gasteiger partial charge >= 0.3 is 5.97 Å². The second-order valence-electron chi connectivity index (χ2n) is 5.32. The Balaban J connectivity index is 1.96. The number of aromatic nitrogens is 5. The molecule has 1 aromatic carbocycles. The zero-order valence-corrected chi connectivity index (χ0v) is 12.6. The number of fused-ring (bicyclic) bond motifs is 3. The van der Waals surface area contributed by atoms with Crippen LogP contribution in [-0.2, 0) is 0 Å². The number of anilines is 2. The molecule has 3 aromatic heterocycles. The van der Waals surface area contributed by atoms with Crippen molar-refractivity contribution >= 4 is 34.0 Å². The third kappa shape index (κ3) is 2.21. The number of carbonyl (C=O) groups is 1. The maximum absolute atomic E-state index is 11.3. The molecule has 0 aliphatic heterocycles. The van der Waals surface area contributed by atoms with Crippen molar-refractivity contribution in [1.29, 1.82) is 0 Å². The van der Waals surface area contributed by atoms with Gasteiger partial charge in [-0.3, -0.25) is 4.98 Å². The summed E-state index contributed by atoms with van der Waals surface area (Å²) in [5.41, 5.74) is 2.58. The summed E-state index contributed by atoms with van der Waals surface area (Å²) in [5, 5.41) is 20.8. The number of nitrogens with zero attached hydrogens (tertiary/aromatic N) is 5. The lowest BCUT2D eigenvalue weighted by atomic mass is 10.2. The van der Waals surface area contributed by atoms with Gasteiger partial charge in [-0.15, -0.1) is 5.10 Å². The number of nitrogens with one attached hydrogen (secondary N) is 1. The van der Waals surface area contributed by atoms with Gasteiger partial charge in [-0.1, -0.05) is 22.9 Å². The van der Waals surface area contributed by atoms with Gasteiger partial charge in [0.15, 0.2) is 5.65 Å². The Morgan fingerprint density at radius 3 is 2.75 bits per heavy atom. The van der Waals surface area contributed by atoms with Crippen LogP contribution in [0.25, 0.3) is 16.6 Å². The Kier molecular flexibility index (Phi) is 3.09. The summed E-state index contributed by atoms with van der Waals surface area (Å²) >= 11 is 0. The molecule has 0 aliphatic rings. The lowest BCUT2D eigenvalue weighted by Crippen LogP contribution is -2.03. The molecule has 0 atom stereocenters. The molecule has 0 spiro atoms. The molecule has 0 aliphatic carbocycles. The molecule has 4 rings (SSSR count). The molecule has 0 radical (unpaired) electrons. The maximum Gasteiger partial charge on any atom is 0.360 e. The van der Waals surface area contributed by atoms with Crippen LogP contribution in [0.2, 0.25) is 0 Å². The number of benzene rings is 1. The summed E-state index contributed by atoms with van der Waals surface area (Å²) in [6.07, 6.45) is 3.25. The first kappa shape index (κ1) is 14.1. The average molecular weight is 320 g/mol. The number of hydrogen-bond acceptors (Lipinski definition) is 6. The average Bonchev–Trinajstić information content (AvgIpc) is 3.01. The molecule has 3 heterocycles. The van der Waals surface area contributed by atoms with Gasteiger partial charge in [0.1, 0.15) is 5.82 Å². The van der Waals surface area contributed by atoms with Crippen molar-refractivity contribution < 1.29 is 9.90 Å². The van der Waals surface area contributed by atoms with Crippen molar-refractivity contribution in [2.75, 3.05) is 5.32 Å². The van der Waals surface area contributed by atoms with E-state index in [-0.39, 0.29) is 11.3 Å². The number of carboxylic acids is 1. The molecule has 8 heteroatoms. The highest BCUT2D eigenvalue weighted by Gasteiger charge is 2.19. The van der Waals surface area contributed by atoms with Gasteiger partial charge in [0.25, 0.3) is 0 Å². The number of rotatable bonds is 3. The molecule has 0 saturated carbocycles. The zero-order chi connectivity index (χ0) is 16.7. The molecular weight excluding hydrogens is 308 g/mol. The third-order valence-electron chi connectivity index (χ3n) is 3.66. The van der Waals surface area contributed by atoms with Gasteiger partial charge in [0.2, 0.25) is 5.69 Å². The summed E-state index contributed by atoms with van der Waals surface area (Å²) in [6, 6.07) is 9.61. The van der Waals surface area contributed by atoms with Crippen LogP contribution in [-0.4, -0.2) is 35.9 Å². The van der Waals surface area contributed by atoms with Crippen molar-refractivity contribution in [1.82, 2.24) is 24.8 Å². The molecule has 0 saturated heterocycles. The normalized spacial score (nSPS) is 11.0. The first-order chi connectivity index (χ1) is 11.6. The van der Waals surface area contributed by atoms with Gasteiger partial charge in [-0.2, -0.15) is 4.52 Å². The Morgan fingerprint density at radius 1 is 1.21 bits per heavy atom. The van der Waals surface area contributed by atoms with E-state index in [1.54, 1.807) is 18.5 Å². The van der Waals surface area contributed by atoms with Crippen LogP contribution >= 0.6 is 0 Å². The Morgan fingerprint density at radius 2 is 2.00 bits per heavy atom. The fraction of sp³-hybridized carbons (Fsp3) is 0.0625. The van der Waals surface area contributed by atoms with Crippen molar-refractivity contribution in [3.63, 3.8) is 0 Å². The number of carboxylic acid groups (broad SMARTS) is 1. The standard InChI is InChI=1S/C16H12N6O2/c1-9-2-4-10(5-3-9)18-14-11-6-7-17-8-12(11)22-15(19-14)13(16(23)24)20-21-22/h2-8H,1H3,(H,18,19)(H,23,24). The van der Waals surface area contributed by atoms with Crippen LogP contribution in [0.5, 0.6) is 0 Å². The predicted octanol–water partition coefficient (Wildman–Crippen LogP) is 2.42. The van der Waals surface area contributed by atoms with Crippen molar-refractivity contribution in [3.05, 3.63) is 54.0 Å². The van der Waals surface area contributed by atoms with Crippen LogP contribution < -0.4 is 5.32 Å². The zero-order valence-electron chi connectivity index (χ0n) is 12.6. The van der Waals surface area contributed by atoms with Gasteiger partial charge in [-0.25, -0.2) is 9.78 Å². The summed E-state index contributed by atoms with van der Waals surface area (Å²) in [5.74, 6) is -0.657. The first-order valence-electron chi connectivity index (χ1n) is 7.19. The molecule has 0 bridgehead atoms. The predicted molar refractivity (Wildman–Crippen MR) is 87.5 cm³/mol. The van der Waals surface area contributed by atoms with E-state index in [1.807, 2.05) is 31.2 Å². The highest BCUT2D eigenvalue weighted by molar-refractivity contribution is 5.97. The highest BCUT2D eigenvalue weighted by atomic mass is 16.4. The summed E-state index contributed by atoms with van der Waals surface area (Å²) < 4.78 is 1.38. The van der Waals surface area contributed by atoms with E-state index in [0.717, 1.165) is 16.6 Å². The minimum absolute atomic E-state index is 0.164. The molecule has 0 unspecified atom stereocenters. The van der Waals surface area contributed by atoms with Gasteiger partial charge in [0, 0.05) is 17.3 Å². The lowest BCUT2D eigenvalue weighted by molar-refractivity contribution is 0.0692. The van der Waals surface area contributed by atoms with E-state index >= 15 is 0 Å².